The first-order chi connectivity index (χ1) is 10.4. The summed E-state index contributed by atoms with van der Waals surface area (Å²) in [4.78, 5) is 12.3. The summed E-state index contributed by atoms with van der Waals surface area (Å²) in [5, 5.41) is 14.3. The molecule has 0 atom stereocenters. The summed E-state index contributed by atoms with van der Waals surface area (Å²) in [5.41, 5.74) is -0.0291. The molecule has 0 aliphatic carbocycles. The summed E-state index contributed by atoms with van der Waals surface area (Å²) in [7, 11) is -3.90. The smallest absolute Gasteiger partial charge is 0.289 e. The third kappa shape index (κ3) is 5.83. The maximum atomic E-state index is 12.4. The number of hydrogen-bond donors (Lipinski definition) is 2. The Morgan fingerprint density at radius 2 is 1.92 bits per heavy atom. The zero-order valence-electron chi connectivity index (χ0n) is 13.2. The fourth-order valence-corrected chi connectivity index (χ4v) is 3.89. The van der Waals surface area contributed by atoms with E-state index in [4.69, 9.17) is 0 Å². The molecular formula is C13H22Cl2N4O4S. The van der Waals surface area contributed by atoms with Gasteiger partial charge >= 0.3 is 0 Å². The molecular weight excluding hydrogens is 379 g/mol. The summed E-state index contributed by atoms with van der Waals surface area (Å²) in [5.74, 6) is 0. The highest BCUT2D eigenvalue weighted by atomic mass is 35.5. The van der Waals surface area contributed by atoms with Crippen molar-refractivity contribution in [1.82, 2.24) is 14.9 Å². The normalized spacial score (nSPS) is 15.2. The van der Waals surface area contributed by atoms with Crippen molar-refractivity contribution in [3.05, 3.63) is 33.9 Å². The van der Waals surface area contributed by atoms with Gasteiger partial charge in [-0.15, -0.1) is 24.8 Å². The summed E-state index contributed by atoms with van der Waals surface area (Å²) in [6.45, 7) is 5.87. The van der Waals surface area contributed by atoms with E-state index in [9.17, 15) is 18.5 Å². The standard InChI is InChI=1S/C13H20N4O4S.2ClH/c1-11-3-2-4-12(17(18)19)13(11)22(20,21)15-7-10-16-8-5-14-6-9-16;;/h2-4,14-15H,5-10H2,1H3;2*1H. The van der Waals surface area contributed by atoms with Crippen LogP contribution in [-0.4, -0.2) is 57.5 Å². The van der Waals surface area contributed by atoms with E-state index in [1.165, 1.54) is 12.1 Å². The minimum atomic E-state index is -3.90. The van der Waals surface area contributed by atoms with Crippen molar-refractivity contribution in [3.63, 3.8) is 0 Å². The Balaban J connectivity index is 0.00000264. The van der Waals surface area contributed by atoms with Crippen molar-refractivity contribution in [2.24, 2.45) is 0 Å². The van der Waals surface area contributed by atoms with E-state index in [2.05, 4.69) is 14.9 Å². The molecule has 1 aromatic rings. The molecule has 2 N–H and O–H groups in total. The van der Waals surface area contributed by atoms with Gasteiger partial charge < -0.3 is 5.32 Å². The van der Waals surface area contributed by atoms with Gasteiger partial charge in [-0.3, -0.25) is 15.0 Å². The first-order valence-electron chi connectivity index (χ1n) is 7.08. The number of hydrogen-bond acceptors (Lipinski definition) is 6. The Labute approximate surface area is 154 Å². The van der Waals surface area contributed by atoms with E-state index in [1.54, 1.807) is 13.0 Å². The van der Waals surface area contributed by atoms with Crippen LogP contribution in [0.2, 0.25) is 0 Å². The summed E-state index contributed by atoms with van der Waals surface area (Å²) < 4.78 is 27.2. The molecule has 0 unspecified atom stereocenters. The van der Waals surface area contributed by atoms with Gasteiger partial charge in [0.05, 0.1) is 4.92 Å². The van der Waals surface area contributed by atoms with Crippen LogP contribution in [0.4, 0.5) is 5.69 Å². The number of nitro groups is 1. The Morgan fingerprint density at radius 3 is 2.50 bits per heavy atom. The topological polar surface area (TPSA) is 105 Å². The highest BCUT2D eigenvalue weighted by Crippen LogP contribution is 2.26. The monoisotopic (exact) mass is 400 g/mol. The second-order valence-corrected chi connectivity index (χ2v) is 6.87. The Morgan fingerprint density at radius 1 is 1.29 bits per heavy atom. The summed E-state index contributed by atoms with van der Waals surface area (Å²) in [6.07, 6.45) is 0. The van der Waals surface area contributed by atoms with Crippen molar-refractivity contribution in [1.29, 1.82) is 0 Å². The molecule has 1 aliphatic heterocycles. The number of sulfonamides is 1. The zero-order valence-corrected chi connectivity index (χ0v) is 15.7. The van der Waals surface area contributed by atoms with Gasteiger partial charge in [0, 0.05) is 45.3 Å². The minimum Gasteiger partial charge on any atom is -0.314 e. The molecule has 1 heterocycles. The second-order valence-electron chi connectivity index (χ2n) is 5.17. The van der Waals surface area contributed by atoms with Crippen LogP contribution in [0.15, 0.2) is 23.1 Å². The Hall–Kier alpha value is -0.970. The lowest BCUT2D eigenvalue weighted by molar-refractivity contribution is -0.387. The molecule has 1 fully saturated rings. The molecule has 8 nitrogen and oxygen atoms in total. The molecule has 1 saturated heterocycles. The van der Waals surface area contributed by atoms with Crippen LogP contribution in [0.1, 0.15) is 5.56 Å². The average Bonchev–Trinajstić information content (AvgIpc) is 2.47. The van der Waals surface area contributed by atoms with Gasteiger partial charge in [-0.1, -0.05) is 12.1 Å². The molecule has 0 radical (unpaired) electrons. The lowest BCUT2D eigenvalue weighted by atomic mass is 10.2. The largest absolute Gasteiger partial charge is 0.314 e. The highest BCUT2D eigenvalue weighted by Gasteiger charge is 2.27. The second kappa shape index (κ2) is 10.1. The van der Waals surface area contributed by atoms with Gasteiger partial charge in [0.15, 0.2) is 4.90 Å². The molecule has 0 amide bonds. The Kier molecular flexibility index (Phi) is 9.71. The molecule has 1 aliphatic rings. The fourth-order valence-electron chi connectivity index (χ4n) is 2.48. The van der Waals surface area contributed by atoms with E-state index < -0.39 is 20.6 Å². The first-order valence-corrected chi connectivity index (χ1v) is 8.57. The van der Waals surface area contributed by atoms with E-state index >= 15 is 0 Å². The van der Waals surface area contributed by atoms with Crippen LogP contribution in [0.25, 0.3) is 0 Å². The van der Waals surface area contributed by atoms with Gasteiger partial charge in [0.2, 0.25) is 10.0 Å². The number of nitrogens with zero attached hydrogens (tertiary/aromatic N) is 2. The molecule has 0 spiro atoms. The van der Waals surface area contributed by atoms with Gasteiger partial charge in [-0.25, -0.2) is 13.1 Å². The van der Waals surface area contributed by atoms with E-state index in [0.717, 1.165) is 26.2 Å². The molecule has 0 aromatic heterocycles. The molecule has 0 bridgehead atoms. The predicted molar refractivity (Wildman–Crippen MR) is 96.8 cm³/mol. The number of nitrogens with one attached hydrogen (secondary N) is 2. The number of piperazine rings is 1. The van der Waals surface area contributed by atoms with Crippen LogP contribution < -0.4 is 10.0 Å². The van der Waals surface area contributed by atoms with E-state index in [0.29, 0.717) is 12.1 Å². The SMILES string of the molecule is Cc1cccc([N+](=O)[O-])c1S(=O)(=O)NCCN1CCNCC1.Cl.Cl. The van der Waals surface area contributed by atoms with Crippen molar-refractivity contribution in [2.45, 2.75) is 11.8 Å². The number of benzene rings is 1. The van der Waals surface area contributed by atoms with Crippen molar-refractivity contribution >= 4 is 40.5 Å². The summed E-state index contributed by atoms with van der Waals surface area (Å²) >= 11 is 0. The number of aryl methyl sites for hydroxylation is 1. The fraction of sp³-hybridized carbons (Fsp3) is 0.538. The lowest BCUT2D eigenvalue weighted by Gasteiger charge is -2.27. The maximum Gasteiger partial charge on any atom is 0.289 e. The van der Waals surface area contributed by atoms with Gasteiger partial charge in [0.1, 0.15) is 0 Å². The predicted octanol–water partition coefficient (Wildman–Crippen LogP) is 0.930. The van der Waals surface area contributed by atoms with Crippen LogP contribution in [0.5, 0.6) is 0 Å². The van der Waals surface area contributed by atoms with Crippen LogP contribution in [-0.2, 0) is 10.0 Å². The van der Waals surface area contributed by atoms with Crippen LogP contribution in [0.3, 0.4) is 0 Å². The maximum absolute atomic E-state index is 12.4. The van der Waals surface area contributed by atoms with Crippen molar-refractivity contribution in [3.8, 4) is 0 Å². The lowest BCUT2D eigenvalue weighted by Crippen LogP contribution is -2.46. The third-order valence-corrected chi connectivity index (χ3v) is 5.24. The number of rotatable bonds is 6. The third-order valence-electron chi connectivity index (χ3n) is 3.59. The molecule has 11 heteroatoms. The summed E-state index contributed by atoms with van der Waals surface area (Å²) in [6, 6.07) is 4.24. The first kappa shape index (κ1) is 23.0. The molecule has 24 heavy (non-hydrogen) atoms. The molecule has 2 rings (SSSR count). The average molecular weight is 401 g/mol. The van der Waals surface area contributed by atoms with Crippen LogP contribution >= 0.6 is 24.8 Å². The molecule has 138 valence electrons. The Bertz CT molecular complexity index is 651. The van der Waals surface area contributed by atoms with Crippen molar-refractivity contribution < 1.29 is 13.3 Å². The van der Waals surface area contributed by atoms with Gasteiger partial charge in [-0.05, 0) is 12.5 Å². The molecule has 0 saturated carbocycles. The van der Waals surface area contributed by atoms with E-state index in [-0.39, 0.29) is 36.3 Å². The van der Waals surface area contributed by atoms with Crippen LogP contribution in [0, 0.1) is 17.0 Å². The highest BCUT2D eigenvalue weighted by molar-refractivity contribution is 7.89. The van der Waals surface area contributed by atoms with Gasteiger partial charge in [0.25, 0.3) is 5.69 Å². The van der Waals surface area contributed by atoms with E-state index in [1.807, 2.05) is 0 Å². The number of nitro benzene ring substituents is 1. The molecule has 1 aromatic carbocycles. The quantitative estimate of drug-likeness (QED) is 0.543. The van der Waals surface area contributed by atoms with Crippen molar-refractivity contribution in [2.75, 3.05) is 39.3 Å². The zero-order chi connectivity index (χ0) is 16.2. The minimum absolute atomic E-state index is 0. The number of halogens is 2. The van der Waals surface area contributed by atoms with Gasteiger partial charge in [-0.2, -0.15) is 0 Å².